The molecule has 4 rings (SSSR count). The lowest BCUT2D eigenvalue weighted by Gasteiger charge is -2.22. The molecule has 0 spiro atoms. The van der Waals surface area contributed by atoms with Gasteiger partial charge in [-0.2, -0.15) is 4.98 Å². The smallest absolute Gasteiger partial charge is 0.291 e. The minimum atomic E-state index is -0.232. The van der Waals surface area contributed by atoms with Crippen LogP contribution in [0.1, 0.15) is 34.5 Å². The first kappa shape index (κ1) is 17.5. The third-order valence-electron chi connectivity index (χ3n) is 4.61. The van der Waals surface area contributed by atoms with Gasteiger partial charge in [0.1, 0.15) is 10.8 Å². The Bertz CT molecular complexity index is 966. The minimum Gasteiger partial charge on any atom is -0.291 e. The van der Waals surface area contributed by atoms with Crippen LogP contribution in [-0.4, -0.2) is 9.55 Å². The van der Waals surface area contributed by atoms with Gasteiger partial charge in [-0.15, -0.1) is 23.1 Å². The van der Waals surface area contributed by atoms with Crippen molar-refractivity contribution in [3.8, 4) is 0 Å². The summed E-state index contributed by atoms with van der Waals surface area (Å²) < 4.78 is 15.2. The highest BCUT2D eigenvalue weighted by Crippen LogP contribution is 2.30. The van der Waals surface area contributed by atoms with Crippen molar-refractivity contribution in [2.75, 3.05) is 0 Å². The summed E-state index contributed by atoms with van der Waals surface area (Å²) in [6.07, 6.45) is 4.11. The standard InChI is InChI=1S/C20H19FN2OS2/c21-15-6-3-5-14(11-15)13-26-19-17-8-1-2-9-18(17)23(20(24)22-19)12-16-7-4-10-25-16/h3-7,10-11H,1-2,8-9,12-13H2. The van der Waals surface area contributed by atoms with Crippen LogP contribution in [0.5, 0.6) is 0 Å². The molecule has 0 amide bonds. The van der Waals surface area contributed by atoms with Gasteiger partial charge in [-0.1, -0.05) is 18.2 Å². The molecule has 2 aromatic heterocycles. The van der Waals surface area contributed by atoms with Gasteiger partial charge >= 0.3 is 5.69 Å². The summed E-state index contributed by atoms with van der Waals surface area (Å²) in [7, 11) is 0. The van der Waals surface area contributed by atoms with Crippen molar-refractivity contribution in [2.45, 2.75) is 43.0 Å². The normalized spacial score (nSPS) is 13.6. The number of rotatable bonds is 5. The average Bonchev–Trinajstić information content (AvgIpc) is 3.16. The zero-order chi connectivity index (χ0) is 17.9. The highest BCUT2D eigenvalue weighted by molar-refractivity contribution is 7.98. The summed E-state index contributed by atoms with van der Waals surface area (Å²) in [6, 6.07) is 10.7. The van der Waals surface area contributed by atoms with E-state index in [9.17, 15) is 9.18 Å². The number of thioether (sulfide) groups is 1. The molecule has 0 bridgehead atoms. The van der Waals surface area contributed by atoms with Crippen molar-refractivity contribution in [2.24, 2.45) is 0 Å². The molecular formula is C20H19FN2OS2. The molecule has 2 heterocycles. The SMILES string of the molecule is O=c1nc(SCc2cccc(F)c2)c2c(n1Cc1cccs1)CCCC2. The average molecular weight is 387 g/mol. The maximum atomic E-state index is 13.4. The number of benzene rings is 1. The molecule has 134 valence electrons. The van der Waals surface area contributed by atoms with Crippen molar-refractivity contribution in [1.29, 1.82) is 0 Å². The first-order valence-electron chi connectivity index (χ1n) is 8.73. The van der Waals surface area contributed by atoms with E-state index in [1.54, 1.807) is 17.4 Å². The zero-order valence-electron chi connectivity index (χ0n) is 14.3. The Balaban J connectivity index is 1.65. The number of nitrogens with zero attached hydrogens (tertiary/aromatic N) is 2. The summed E-state index contributed by atoms with van der Waals surface area (Å²) >= 11 is 3.20. The second kappa shape index (κ2) is 7.76. The van der Waals surface area contributed by atoms with Crippen molar-refractivity contribution in [3.63, 3.8) is 0 Å². The topological polar surface area (TPSA) is 34.9 Å². The van der Waals surface area contributed by atoms with Gasteiger partial charge in [0.05, 0.1) is 6.54 Å². The number of thiophene rings is 1. The quantitative estimate of drug-likeness (QED) is 0.472. The Kier molecular flexibility index (Phi) is 5.22. The number of halogens is 1. The third-order valence-corrected chi connectivity index (χ3v) is 6.56. The maximum Gasteiger partial charge on any atom is 0.349 e. The molecule has 1 aromatic carbocycles. The van der Waals surface area contributed by atoms with E-state index in [4.69, 9.17) is 0 Å². The minimum absolute atomic E-state index is 0.180. The number of fused-ring (bicyclic) bond motifs is 1. The van der Waals surface area contributed by atoms with E-state index in [1.807, 2.05) is 22.1 Å². The molecule has 1 aliphatic rings. The first-order valence-corrected chi connectivity index (χ1v) is 10.6. The van der Waals surface area contributed by atoms with Gasteiger partial charge in [0.2, 0.25) is 0 Å². The largest absolute Gasteiger partial charge is 0.349 e. The second-order valence-electron chi connectivity index (χ2n) is 6.42. The van der Waals surface area contributed by atoms with Crippen LogP contribution in [0, 0.1) is 5.82 Å². The lowest BCUT2D eigenvalue weighted by atomic mass is 9.97. The molecule has 3 nitrogen and oxygen atoms in total. The van der Waals surface area contributed by atoms with Crippen LogP contribution in [0.15, 0.2) is 51.6 Å². The molecular weight excluding hydrogens is 367 g/mol. The molecule has 0 radical (unpaired) electrons. The van der Waals surface area contributed by atoms with Gasteiger partial charge in [-0.05, 0) is 54.8 Å². The van der Waals surface area contributed by atoms with Gasteiger partial charge < -0.3 is 0 Å². The molecule has 0 unspecified atom stereocenters. The second-order valence-corrected chi connectivity index (χ2v) is 8.41. The van der Waals surface area contributed by atoms with E-state index in [-0.39, 0.29) is 11.5 Å². The van der Waals surface area contributed by atoms with Crippen LogP contribution in [0.25, 0.3) is 0 Å². The predicted octanol–water partition coefficient (Wildman–Crippen LogP) is 4.66. The van der Waals surface area contributed by atoms with Crippen molar-refractivity contribution in [3.05, 3.63) is 79.8 Å². The molecule has 1 aliphatic carbocycles. The molecule has 6 heteroatoms. The Morgan fingerprint density at radius 2 is 2.08 bits per heavy atom. The Labute approximate surface area is 159 Å². The van der Waals surface area contributed by atoms with E-state index in [1.165, 1.54) is 34.3 Å². The molecule has 3 aromatic rings. The van der Waals surface area contributed by atoms with Crippen molar-refractivity contribution < 1.29 is 4.39 Å². The van der Waals surface area contributed by atoms with Crippen LogP contribution < -0.4 is 5.69 Å². The Morgan fingerprint density at radius 1 is 1.19 bits per heavy atom. The maximum absolute atomic E-state index is 13.4. The Hall–Kier alpha value is -1.92. The Morgan fingerprint density at radius 3 is 2.88 bits per heavy atom. The summed E-state index contributed by atoms with van der Waals surface area (Å²) in [5.41, 5.74) is 3.06. The summed E-state index contributed by atoms with van der Waals surface area (Å²) in [5.74, 6) is 0.385. The van der Waals surface area contributed by atoms with E-state index < -0.39 is 0 Å². The van der Waals surface area contributed by atoms with Gasteiger partial charge in [0.25, 0.3) is 0 Å². The van der Waals surface area contributed by atoms with Gasteiger partial charge in [0, 0.05) is 21.9 Å². The van der Waals surface area contributed by atoms with Crippen LogP contribution in [0.4, 0.5) is 4.39 Å². The van der Waals surface area contributed by atoms with Gasteiger partial charge in [-0.3, -0.25) is 4.57 Å². The highest BCUT2D eigenvalue weighted by atomic mass is 32.2. The molecule has 0 saturated carbocycles. The molecule has 0 aliphatic heterocycles. The third kappa shape index (κ3) is 3.76. The monoisotopic (exact) mass is 386 g/mol. The molecule has 0 atom stereocenters. The van der Waals surface area contributed by atoms with E-state index >= 15 is 0 Å². The van der Waals surface area contributed by atoms with Crippen LogP contribution in [-0.2, 0) is 25.1 Å². The lowest BCUT2D eigenvalue weighted by Crippen LogP contribution is -2.30. The molecule has 0 fully saturated rings. The van der Waals surface area contributed by atoms with E-state index in [2.05, 4.69) is 11.1 Å². The first-order chi connectivity index (χ1) is 12.7. The fourth-order valence-electron chi connectivity index (χ4n) is 3.37. The van der Waals surface area contributed by atoms with Crippen molar-refractivity contribution in [1.82, 2.24) is 9.55 Å². The predicted molar refractivity (Wildman–Crippen MR) is 105 cm³/mol. The number of hydrogen-bond acceptors (Lipinski definition) is 4. The fourth-order valence-corrected chi connectivity index (χ4v) is 5.08. The molecule has 0 N–H and O–H groups in total. The van der Waals surface area contributed by atoms with Crippen LogP contribution in [0.3, 0.4) is 0 Å². The van der Waals surface area contributed by atoms with Crippen molar-refractivity contribution >= 4 is 23.1 Å². The summed E-state index contributed by atoms with van der Waals surface area (Å²) in [6.45, 7) is 0.598. The van der Waals surface area contributed by atoms with Crippen LogP contribution >= 0.6 is 23.1 Å². The van der Waals surface area contributed by atoms with Gasteiger partial charge in [0.15, 0.2) is 0 Å². The molecule has 26 heavy (non-hydrogen) atoms. The summed E-state index contributed by atoms with van der Waals surface area (Å²) in [4.78, 5) is 18.2. The lowest BCUT2D eigenvalue weighted by molar-refractivity contribution is 0.571. The van der Waals surface area contributed by atoms with E-state index in [0.29, 0.717) is 12.3 Å². The van der Waals surface area contributed by atoms with E-state index in [0.717, 1.165) is 42.0 Å². The fraction of sp³-hybridized carbons (Fsp3) is 0.300. The molecule has 0 saturated heterocycles. The highest BCUT2D eigenvalue weighted by Gasteiger charge is 2.20. The van der Waals surface area contributed by atoms with Gasteiger partial charge in [-0.25, -0.2) is 9.18 Å². The number of aromatic nitrogens is 2. The summed E-state index contributed by atoms with van der Waals surface area (Å²) in [5, 5.41) is 2.85. The zero-order valence-corrected chi connectivity index (χ0v) is 15.9. The van der Waals surface area contributed by atoms with Crippen LogP contribution in [0.2, 0.25) is 0 Å². The number of hydrogen-bond donors (Lipinski definition) is 0.